The van der Waals surface area contributed by atoms with E-state index in [2.05, 4.69) is 44.2 Å². The summed E-state index contributed by atoms with van der Waals surface area (Å²) in [6.45, 7) is 13.3. The van der Waals surface area contributed by atoms with E-state index < -0.39 is 0 Å². The fraction of sp³-hybridized carbons (Fsp3) is 0.708. The van der Waals surface area contributed by atoms with Crippen molar-refractivity contribution in [3.8, 4) is 0 Å². The average Bonchev–Trinajstić information content (AvgIpc) is 2.81. The third-order valence-electron chi connectivity index (χ3n) is 6.61. The number of rotatable bonds is 8. The van der Waals surface area contributed by atoms with Gasteiger partial charge >= 0.3 is 0 Å². The molecule has 0 radical (unpaired) electrons. The molecule has 2 aliphatic rings. The highest BCUT2D eigenvalue weighted by Crippen LogP contribution is 2.22. The zero-order valence-corrected chi connectivity index (χ0v) is 22.4. The summed E-state index contributed by atoms with van der Waals surface area (Å²) in [4.78, 5) is 11.5. The first-order valence-corrected chi connectivity index (χ1v) is 12.1. The summed E-state index contributed by atoms with van der Waals surface area (Å²) >= 11 is 0. The van der Waals surface area contributed by atoms with Crippen molar-refractivity contribution >= 4 is 35.6 Å². The zero-order valence-electron chi connectivity index (χ0n) is 20.1. The van der Waals surface area contributed by atoms with E-state index in [1.807, 2.05) is 12.1 Å². The molecule has 0 unspecified atom stereocenters. The standard InChI is InChI=1S/C24H41FN6.HI/c1-4-6-11-30-12-9-21(10-13-30)28-24(26-3)27-19-20-7-8-23(22(25)18-20)31-16-14-29(5-2)15-17-31;/h7-8,18,21H,4-6,9-17,19H2,1-3H3,(H2,26,27,28);1H. The molecule has 0 aliphatic carbocycles. The summed E-state index contributed by atoms with van der Waals surface area (Å²) in [5, 5.41) is 6.90. The number of hydrogen-bond donors (Lipinski definition) is 2. The van der Waals surface area contributed by atoms with E-state index in [0.29, 0.717) is 12.6 Å². The monoisotopic (exact) mass is 560 g/mol. The van der Waals surface area contributed by atoms with Crippen LogP contribution in [0.1, 0.15) is 45.1 Å². The molecule has 182 valence electrons. The van der Waals surface area contributed by atoms with Crippen molar-refractivity contribution in [3.05, 3.63) is 29.6 Å². The van der Waals surface area contributed by atoms with Crippen LogP contribution in [-0.2, 0) is 6.54 Å². The van der Waals surface area contributed by atoms with Crippen LogP contribution in [0.4, 0.5) is 10.1 Å². The van der Waals surface area contributed by atoms with Crippen molar-refractivity contribution in [3.63, 3.8) is 0 Å². The molecule has 3 rings (SSSR count). The molecule has 0 atom stereocenters. The van der Waals surface area contributed by atoms with Gasteiger partial charge in [-0.2, -0.15) is 0 Å². The highest BCUT2D eigenvalue weighted by molar-refractivity contribution is 14.0. The molecule has 2 aliphatic heterocycles. The number of piperidine rings is 1. The van der Waals surface area contributed by atoms with Gasteiger partial charge in [0.25, 0.3) is 0 Å². The van der Waals surface area contributed by atoms with Crippen molar-refractivity contribution in [1.82, 2.24) is 20.4 Å². The van der Waals surface area contributed by atoms with E-state index in [-0.39, 0.29) is 29.8 Å². The normalized spacial score (nSPS) is 19.0. The van der Waals surface area contributed by atoms with E-state index in [4.69, 9.17) is 0 Å². The van der Waals surface area contributed by atoms with Crippen LogP contribution in [-0.4, -0.2) is 81.2 Å². The lowest BCUT2D eigenvalue weighted by atomic mass is 10.0. The number of hydrogen-bond acceptors (Lipinski definition) is 4. The average molecular weight is 561 g/mol. The van der Waals surface area contributed by atoms with E-state index in [0.717, 1.165) is 75.9 Å². The first-order valence-electron chi connectivity index (χ1n) is 12.1. The van der Waals surface area contributed by atoms with Gasteiger partial charge in [-0.1, -0.05) is 26.3 Å². The molecular formula is C24H42FIN6. The molecule has 2 fully saturated rings. The Bertz CT molecular complexity index is 700. The molecule has 2 N–H and O–H groups in total. The molecular weight excluding hydrogens is 518 g/mol. The molecule has 0 amide bonds. The van der Waals surface area contributed by atoms with Crippen LogP contribution in [0.5, 0.6) is 0 Å². The molecule has 6 nitrogen and oxygen atoms in total. The number of halogens is 2. The number of benzene rings is 1. The minimum atomic E-state index is -0.133. The van der Waals surface area contributed by atoms with E-state index in [1.54, 1.807) is 13.1 Å². The fourth-order valence-corrected chi connectivity index (χ4v) is 4.48. The van der Waals surface area contributed by atoms with Crippen LogP contribution >= 0.6 is 24.0 Å². The van der Waals surface area contributed by atoms with Gasteiger partial charge in [0.2, 0.25) is 0 Å². The predicted octanol–water partition coefficient (Wildman–Crippen LogP) is 3.52. The summed E-state index contributed by atoms with van der Waals surface area (Å²) in [6, 6.07) is 6.06. The lowest BCUT2D eigenvalue weighted by molar-refractivity contribution is 0.203. The van der Waals surface area contributed by atoms with Gasteiger partial charge in [0.15, 0.2) is 5.96 Å². The lowest BCUT2D eigenvalue weighted by Gasteiger charge is -2.35. The van der Waals surface area contributed by atoms with Crippen LogP contribution in [0.2, 0.25) is 0 Å². The van der Waals surface area contributed by atoms with Crippen molar-refractivity contribution < 1.29 is 4.39 Å². The second kappa shape index (κ2) is 14.2. The summed E-state index contributed by atoms with van der Waals surface area (Å²) in [6.07, 6.45) is 4.81. The van der Waals surface area contributed by atoms with Gasteiger partial charge < -0.3 is 25.3 Å². The largest absolute Gasteiger partial charge is 0.367 e. The van der Waals surface area contributed by atoms with Gasteiger partial charge in [-0.3, -0.25) is 4.99 Å². The van der Waals surface area contributed by atoms with Gasteiger partial charge in [-0.05, 0) is 50.0 Å². The molecule has 8 heteroatoms. The SMILES string of the molecule is CCCCN1CCC(NC(=NC)NCc2ccc(N3CCN(CC)CC3)c(F)c2)CC1.I. The Labute approximate surface area is 211 Å². The van der Waals surface area contributed by atoms with Gasteiger partial charge in [0, 0.05) is 58.9 Å². The highest BCUT2D eigenvalue weighted by atomic mass is 127. The van der Waals surface area contributed by atoms with Gasteiger partial charge in [-0.25, -0.2) is 4.39 Å². The van der Waals surface area contributed by atoms with Crippen molar-refractivity contribution in [1.29, 1.82) is 0 Å². The maximum atomic E-state index is 14.8. The number of nitrogens with zero attached hydrogens (tertiary/aromatic N) is 4. The molecule has 0 bridgehead atoms. The zero-order chi connectivity index (χ0) is 22.1. The maximum Gasteiger partial charge on any atom is 0.191 e. The Kier molecular flexibility index (Phi) is 12.0. The summed E-state index contributed by atoms with van der Waals surface area (Å²) in [5.41, 5.74) is 1.66. The van der Waals surface area contributed by atoms with Crippen LogP contribution < -0.4 is 15.5 Å². The lowest BCUT2D eigenvalue weighted by Crippen LogP contribution is -2.48. The van der Waals surface area contributed by atoms with Crippen LogP contribution in [0.3, 0.4) is 0 Å². The Hall–Kier alpha value is -1.13. The summed E-state index contributed by atoms with van der Waals surface area (Å²) < 4.78 is 14.8. The maximum absolute atomic E-state index is 14.8. The van der Waals surface area contributed by atoms with Gasteiger partial charge in [-0.15, -0.1) is 24.0 Å². The molecule has 32 heavy (non-hydrogen) atoms. The quantitative estimate of drug-likeness (QED) is 0.290. The Morgan fingerprint density at radius 2 is 1.78 bits per heavy atom. The van der Waals surface area contributed by atoms with Crippen molar-refractivity contribution in [2.24, 2.45) is 4.99 Å². The Morgan fingerprint density at radius 3 is 2.38 bits per heavy atom. The molecule has 1 aromatic rings. The smallest absolute Gasteiger partial charge is 0.191 e. The minimum absolute atomic E-state index is 0. The molecule has 0 spiro atoms. The number of likely N-dealkylation sites (N-methyl/N-ethyl adjacent to an activating group) is 1. The third-order valence-corrected chi connectivity index (χ3v) is 6.61. The fourth-order valence-electron chi connectivity index (χ4n) is 4.48. The second-order valence-electron chi connectivity index (χ2n) is 8.75. The van der Waals surface area contributed by atoms with Gasteiger partial charge in [0.05, 0.1) is 5.69 Å². The van der Waals surface area contributed by atoms with E-state index in [9.17, 15) is 4.39 Å². The third kappa shape index (κ3) is 8.02. The number of piperazine rings is 1. The first kappa shape index (κ1) is 27.1. The number of aliphatic imine (C=N–C) groups is 1. The number of unbranched alkanes of at least 4 members (excludes halogenated alkanes) is 1. The molecule has 0 saturated carbocycles. The minimum Gasteiger partial charge on any atom is -0.367 e. The summed E-state index contributed by atoms with van der Waals surface area (Å²) in [7, 11) is 1.80. The number of likely N-dealkylation sites (tertiary alicyclic amines) is 1. The van der Waals surface area contributed by atoms with E-state index in [1.165, 1.54) is 19.4 Å². The molecule has 0 aromatic heterocycles. The first-order chi connectivity index (χ1) is 15.1. The molecule has 1 aromatic carbocycles. The number of guanidine groups is 1. The van der Waals surface area contributed by atoms with Crippen molar-refractivity contribution in [2.75, 3.05) is 64.3 Å². The predicted molar refractivity (Wildman–Crippen MR) is 144 cm³/mol. The molecule has 2 heterocycles. The molecule has 2 saturated heterocycles. The van der Waals surface area contributed by atoms with Crippen molar-refractivity contribution in [2.45, 2.75) is 52.1 Å². The Balaban J connectivity index is 0.00000363. The second-order valence-corrected chi connectivity index (χ2v) is 8.75. The van der Waals surface area contributed by atoms with Gasteiger partial charge in [0.1, 0.15) is 5.82 Å². The van der Waals surface area contributed by atoms with Crippen LogP contribution in [0.25, 0.3) is 0 Å². The number of anilines is 1. The van der Waals surface area contributed by atoms with Crippen LogP contribution in [0, 0.1) is 5.82 Å². The summed E-state index contributed by atoms with van der Waals surface area (Å²) in [5.74, 6) is 0.666. The Morgan fingerprint density at radius 1 is 1.06 bits per heavy atom. The topological polar surface area (TPSA) is 46.1 Å². The van der Waals surface area contributed by atoms with E-state index >= 15 is 0 Å². The van der Waals surface area contributed by atoms with Crippen LogP contribution in [0.15, 0.2) is 23.2 Å². The highest BCUT2D eigenvalue weighted by Gasteiger charge is 2.20. The number of nitrogens with one attached hydrogen (secondary N) is 2.